The molecule has 0 saturated carbocycles. The van der Waals surface area contributed by atoms with E-state index in [1.165, 1.54) is 0 Å². The molecule has 4 heterocycles. The molecule has 0 aliphatic carbocycles. The Morgan fingerprint density at radius 3 is 2.62 bits per heavy atom. The quantitative estimate of drug-likeness (QED) is 0.525. The van der Waals surface area contributed by atoms with Gasteiger partial charge in [-0.25, -0.2) is 15.0 Å². The van der Waals surface area contributed by atoms with E-state index < -0.39 is 0 Å². The molecule has 0 aromatic carbocycles. The summed E-state index contributed by atoms with van der Waals surface area (Å²) in [6, 6.07) is 7.81. The maximum absolute atomic E-state index is 11.5. The lowest BCUT2D eigenvalue weighted by Crippen LogP contribution is -2.10. The number of nitrogens with one attached hydrogen (secondary N) is 1. The number of hydrogen-bond donors (Lipinski definition) is 1. The largest absolute Gasteiger partial charge is 0.363 e. The second-order valence-corrected chi connectivity index (χ2v) is 7.85. The van der Waals surface area contributed by atoms with Crippen molar-refractivity contribution < 1.29 is 4.79 Å². The molecule has 0 unspecified atom stereocenters. The Labute approximate surface area is 172 Å². The number of imidazole rings is 1. The number of anilines is 1. The van der Waals surface area contributed by atoms with Gasteiger partial charge in [0.25, 0.3) is 0 Å². The maximum atomic E-state index is 11.5. The van der Waals surface area contributed by atoms with Gasteiger partial charge >= 0.3 is 0 Å². The van der Waals surface area contributed by atoms with Crippen molar-refractivity contribution in [2.24, 2.45) is 0 Å². The number of aromatic nitrogens is 5. The third kappa shape index (κ3) is 4.07. The summed E-state index contributed by atoms with van der Waals surface area (Å²) in [7, 11) is 3.92. The predicted octanol–water partition coefficient (Wildman–Crippen LogP) is 3.85. The van der Waals surface area contributed by atoms with E-state index in [4.69, 9.17) is 4.98 Å². The maximum Gasteiger partial charge on any atom is 0.149 e. The van der Waals surface area contributed by atoms with Crippen molar-refractivity contribution in [1.29, 1.82) is 0 Å². The summed E-state index contributed by atoms with van der Waals surface area (Å²) in [5.74, 6) is 1.73. The molecule has 0 atom stereocenters. The van der Waals surface area contributed by atoms with Crippen molar-refractivity contribution in [2.45, 2.75) is 13.3 Å². The molecular formula is C21H20N6OS. The second-order valence-electron chi connectivity index (χ2n) is 6.85. The number of aromatic amines is 1. The number of thiazole rings is 1. The molecular weight excluding hydrogens is 384 g/mol. The zero-order valence-electron chi connectivity index (χ0n) is 16.4. The summed E-state index contributed by atoms with van der Waals surface area (Å²) < 4.78 is 0. The van der Waals surface area contributed by atoms with Crippen molar-refractivity contribution in [3.05, 3.63) is 54.7 Å². The molecule has 0 aliphatic rings. The van der Waals surface area contributed by atoms with Crippen molar-refractivity contribution in [1.82, 2.24) is 24.9 Å². The fourth-order valence-corrected chi connectivity index (χ4v) is 3.99. The highest BCUT2D eigenvalue weighted by atomic mass is 32.1. The number of H-pyrrole nitrogens is 1. The van der Waals surface area contributed by atoms with E-state index in [0.29, 0.717) is 6.42 Å². The van der Waals surface area contributed by atoms with Crippen molar-refractivity contribution >= 4 is 22.9 Å². The molecule has 7 nitrogen and oxygen atoms in total. The summed E-state index contributed by atoms with van der Waals surface area (Å²) in [5.41, 5.74) is 3.41. The average molecular weight is 404 g/mol. The van der Waals surface area contributed by atoms with Crippen LogP contribution in [0.2, 0.25) is 0 Å². The van der Waals surface area contributed by atoms with Gasteiger partial charge in [-0.15, -0.1) is 11.3 Å². The monoisotopic (exact) mass is 404 g/mol. The summed E-state index contributed by atoms with van der Waals surface area (Å²) in [4.78, 5) is 35.6. The van der Waals surface area contributed by atoms with Crippen LogP contribution in [0.15, 0.2) is 49.1 Å². The Bertz CT molecular complexity index is 1130. The number of rotatable bonds is 6. The standard InChI is InChI=1S/C21H20N6OS/c1-13(28)10-16-11-14(6-7-22-16)21-26-18(19(29-21)20-23-8-9-24-20)15-4-5-17(25-12-15)27(2)3/h4-9,11-12H,10H2,1-3H3,(H,23,24). The first-order chi connectivity index (χ1) is 14.0. The van der Waals surface area contributed by atoms with Gasteiger partial charge in [0.15, 0.2) is 0 Å². The van der Waals surface area contributed by atoms with Gasteiger partial charge in [0, 0.05) is 62.1 Å². The summed E-state index contributed by atoms with van der Waals surface area (Å²) in [6.45, 7) is 1.56. The predicted molar refractivity (Wildman–Crippen MR) is 115 cm³/mol. The fourth-order valence-electron chi connectivity index (χ4n) is 2.94. The highest BCUT2D eigenvalue weighted by Gasteiger charge is 2.18. The molecule has 4 aromatic heterocycles. The Balaban J connectivity index is 1.80. The minimum absolute atomic E-state index is 0.0813. The molecule has 1 N–H and O–H groups in total. The second kappa shape index (κ2) is 7.92. The number of hydrogen-bond acceptors (Lipinski definition) is 7. The van der Waals surface area contributed by atoms with Crippen LogP contribution in [0.3, 0.4) is 0 Å². The minimum Gasteiger partial charge on any atom is -0.363 e. The number of carbonyl (C=O) groups excluding carboxylic acids is 1. The van der Waals surface area contributed by atoms with Gasteiger partial charge in [0.05, 0.1) is 10.6 Å². The van der Waals surface area contributed by atoms with Crippen LogP contribution in [0.25, 0.3) is 32.5 Å². The van der Waals surface area contributed by atoms with Crippen molar-refractivity contribution in [2.75, 3.05) is 19.0 Å². The molecule has 0 bridgehead atoms. The molecule has 0 aliphatic heterocycles. The van der Waals surface area contributed by atoms with Gasteiger partial charge in [0.1, 0.15) is 22.4 Å². The van der Waals surface area contributed by atoms with Crippen molar-refractivity contribution in [3.63, 3.8) is 0 Å². The SMILES string of the molecule is CC(=O)Cc1cc(-c2nc(-c3ccc(N(C)C)nc3)c(-c3ncc[nH]3)s2)ccn1. The lowest BCUT2D eigenvalue weighted by molar-refractivity contribution is -0.116. The molecule has 146 valence electrons. The lowest BCUT2D eigenvalue weighted by atomic mass is 10.1. The topological polar surface area (TPSA) is 87.7 Å². The van der Waals surface area contributed by atoms with E-state index in [1.54, 1.807) is 36.9 Å². The van der Waals surface area contributed by atoms with Crippen LogP contribution in [0.4, 0.5) is 5.82 Å². The van der Waals surface area contributed by atoms with Gasteiger partial charge in [-0.2, -0.15) is 0 Å². The van der Waals surface area contributed by atoms with E-state index >= 15 is 0 Å². The number of Topliss-reactive ketones (excluding diaryl/α,β-unsaturated/α-hetero) is 1. The van der Waals surface area contributed by atoms with Crippen LogP contribution in [-0.4, -0.2) is 44.8 Å². The highest BCUT2D eigenvalue weighted by molar-refractivity contribution is 7.18. The molecule has 0 fully saturated rings. The molecule has 0 radical (unpaired) electrons. The third-order valence-corrected chi connectivity index (χ3v) is 5.42. The number of pyridine rings is 2. The molecule has 8 heteroatoms. The van der Waals surface area contributed by atoms with Crippen LogP contribution in [0, 0.1) is 0 Å². The third-order valence-electron chi connectivity index (χ3n) is 4.31. The smallest absolute Gasteiger partial charge is 0.149 e. The fraction of sp³-hybridized carbons (Fsp3) is 0.190. The summed E-state index contributed by atoms with van der Waals surface area (Å²) in [6.07, 6.45) is 7.38. The Kier molecular flexibility index (Phi) is 5.18. The zero-order chi connectivity index (χ0) is 20.4. The summed E-state index contributed by atoms with van der Waals surface area (Å²) >= 11 is 1.55. The highest BCUT2D eigenvalue weighted by Crippen LogP contribution is 2.39. The van der Waals surface area contributed by atoms with Crippen LogP contribution in [0.1, 0.15) is 12.6 Å². The average Bonchev–Trinajstić information content (AvgIpc) is 3.37. The van der Waals surface area contributed by atoms with Gasteiger partial charge in [-0.05, 0) is 31.2 Å². The van der Waals surface area contributed by atoms with Gasteiger partial charge < -0.3 is 9.88 Å². The van der Waals surface area contributed by atoms with Crippen LogP contribution < -0.4 is 4.90 Å². The number of nitrogens with zero attached hydrogens (tertiary/aromatic N) is 5. The zero-order valence-corrected chi connectivity index (χ0v) is 17.2. The van der Waals surface area contributed by atoms with E-state index in [9.17, 15) is 4.79 Å². The first-order valence-corrected chi connectivity index (χ1v) is 9.92. The Morgan fingerprint density at radius 1 is 1.10 bits per heavy atom. The summed E-state index contributed by atoms with van der Waals surface area (Å²) in [5, 5.41) is 0.843. The Hall–Kier alpha value is -3.39. The number of ketones is 1. The van der Waals surface area contributed by atoms with E-state index in [-0.39, 0.29) is 5.78 Å². The molecule has 0 spiro atoms. The molecule has 4 aromatic rings. The first-order valence-electron chi connectivity index (χ1n) is 9.10. The van der Waals surface area contributed by atoms with Crippen LogP contribution in [-0.2, 0) is 11.2 Å². The number of carbonyl (C=O) groups is 1. The normalized spacial score (nSPS) is 10.9. The van der Waals surface area contributed by atoms with Crippen LogP contribution >= 0.6 is 11.3 Å². The molecule has 0 amide bonds. The van der Waals surface area contributed by atoms with Gasteiger partial charge in [-0.3, -0.25) is 9.78 Å². The van der Waals surface area contributed by atoms with Crippen LogP contribution in [0.5, 0.6) is 0 Å². The lowest BCUT2D eigenvalue weighted by Gasteiger charge is -2.10. The molecule has 29 heavy (non-hydrogen) atoms. The minimum atomic E-state index is 0.0813. The van der Waals surface area contributed by atoms with E-state index in [2.05, 4.69) is 19.9 Å². The van der Waals surface area contributed by atoms with Gasteiger partial charge in [0.2, 0.25) is 0 Å². The molecule has 4 rings (SSSR count). The van der Waals surface area contributed by atoms with E-state index in [0.717, 1.165) is 44.0 Å². The first kappa shape index (κ1) is 18.9. The van der Waals surface area contributed by atoms with Crippen molar-refractivity contribution in [3.8, 4) is 32.5 Å². The Morgan fingerprint density at radius 2 is 1.97 bits per heavy atom. The van der Waals surface area contributed by atoms with E-state index in [1.807, 2.05) is 49.5 Å². The molecule has 0 saturated heterocycles. The van der Waals surface area contributed by atoms with Gasteiger partial charge in [-0.1, -0.05) is 0 Å².